The fourth-order valence-corrected chi connectivity index (χ4v) is 3.87. The molecule has 0 aromatic heterocycles. The number of aryl methyl sites for hydroxylation is 1. The molecule has 2 bridgehead atoms. The number of carbonyl (C=O) groups is 1. The van der Waals surface area contributed by atoms with E-state index in [1.54, 1.807) is 0 Å². The molecule has 1 aromatic carbocycles. The highest BCUT2D eigenvalue weighted by Gasteiger charge is 2.40. The van der Waals surface area contributed by atoms with E-state index < -0.39 is 0 Å². The number of hydrogen-bond donors (Lipinski definition) is 1. The first-order chi connectivity index (χ1) is 10.2. The van der Waals surface area contributed by atoms with Gasteiger partial charge in [-0.3, -0.25) is 4.79 Å². The van der Waals surface area contributed by atoms with E-state index in [0.29, 0.717) is 18.4 Å². The molecule has 0 saturated heterocycles. The summed E-state index contributed by atoms with van der Waals surface area (Å²) in [7, 11) is 0. The van der Waals surface area contributed by atoms with Gasteiger partial charge in [-0.25, -0.2) is 0 Å². The minimum Gasteiger partial charge on any atom is -0.481 e. The number of amides is 1. The van der Waals surface area contributed by atoms with Crippen molar-refractivity contribution in [1.82, 2.24) is 5.32 Å². The number of rotatable bonds is 5. The predicted octanol–water partition coefficient (Wildman–Crippen LogP) is 3.46. The van der Waals surface area contributed by atoms with Crippen molar-refractivity contribution in [2.45, 2.75) is 58.1 Å². The lowest BCUT2D eigenvalue weighted by molar-refractivity contribution is -0.129. The van der Waals surface area contributed by atoms with Crippen molar-refractivity contribution in [3.63, 3.8) is 0 Å². The minimum absolute atomic E-state index is 0.0524. The lowest BCUT2D eigenvalue weighted by Gasteiger charge is -2.25. The second kappa shape index (κ2) is 6.08. The van der Waals surface area contributed by atoms with Gasteiger partial charge in [0.2, 0.25) is 0 Å². The number of benzene rings is 1. The molecule has 3 nitrogen and oxygen atoms in total. The first-order valence-electron chi connectivity index (χ1n) is 8.19. The fourth-order valence-electron chi connectivity index (χ4n) is 3.87. The molecular weight excluding hydrogens is 262 g/mol. The van der Waals surface area contributed by atoms with Gasteiger partial charge in [0.05, 0.1) is 0 Å². The van der Waals surface area contributed by atoms with Crippen molar-refractivity contribution in [2.24, 2.45) is 11.8 Å². The van der Waals surface area contributed by atoms with Crippen molar-refractivity contribution in [2.75, 3.05) is 0 Å². The Kier molecular flexibility index (Phi) is 4.18. The van der Waals surface area contributed by atoms with E-state index in [2.05, 4.69) is 5.32 Å². The highest BCUT2D eigenvalue weighted by atomic mass is 16.5. The summed E-state index contributed by atoms with van der Waals surface area (Å²) in [6.07, 6.45) is 5.42. The summed E-state index contributed by atoms with van der Waals surface area (Å²) in [6.45, 7) is 4.03. The molecule has 2 fully saturated rings. The maximum absolute atomic E-state index is 12.5. The van der Waals surface area contributed by atoms with Gasteiger partial charge in [0.1, 0.15) is 5.75 Å². The van der Waals surface area contributed by atoms with Crippen LogP contribution >= 0.6 is 0 Å². The Balaban J connectivity index is 1.59. The topological polar surface area (TPSA) is 38.3 Å². The standard InChI is InChI=1S/C18H25NO2/c1-3-17(21-15-6-4-5-12(2)9-15)18(20)19-16-11-13-7-8-14(16)10-13/h4-6,9,13-14,16-17H,3,7-8,10-11H2,1-2H3,(H,19,20)/t13-,14-,16-,17-/m0/s1. The average Bonchev–Trinajstić information content (AvgIpc) is 3.07. The largest absolute Gasteiger partial charge is 0.481 e. The van der Waals surface area contributed by atoms with Gasteiger partial charge in [0.15, 0.2) is 6.10 Å². The molecule has 3 heteroatoms. The fraction of sp³-hybridized carbons (Fsp3) is 0.611. The van der Waals surface area contributed by atoms with Gasteiger partial charge in [-0.15, -0.1) is 0 Å². The third-order valence-electron chi connectivity index (χ3n) is 5.00. The molecular formula is C18H25NO2. The van der Waals surface area contributed by atoms with Crippen LogP contribution in [0.25, 0.3) is 0 Å². The summed E-state index contributed by atoms with van der Waals surface area (Å²) < 4.78 is 5.88. The van der Waals surface area contributed by atoms with Crippen molar-refractivity contribution in [3.8, 4) is 5.75 Å². The van der Waals surface area contributed by atoms with Crippen molar-refractivity contribution in [1.29, 1.82) is 0 Å². The Morgan fingerprint density at radius 1 is 1.38 bits per heavy atom. The highest BCUT2D eigenvalue weighted by molar-refractivity contribution is 5.81. The SMILES string of the molecule is CC[C@H](Oc1cccc(C)c1)C(=O)N[C@H]1C[C@H]2CC[C@H]1C2. The third kappa shape index (κ3) is 3.22. The molecule has 2 aliphatic carbocycles. The summed E-state index contributed by atoms with van der Waals surface area (Å²) in [5.41, 5.74) is 1.15. The molecule has 0 aliphatic heterocycles. The molecule has 3 rings (SSSR count). The minimum atomic E-state index is -0.383. The van der Waals surface area contributed by atoms with Crippen molar-refractivity contribution >= 4 is 5.91 Å². The van der Waals surface area contributed by atoms with Crippen LogP contribution in [0.5, 0.6) is 5.75 Å². The molecule has 1 N–H and O–H groups in total. The van der Waals surface area contributed by atoms with Gasteiger partial charge >= 0.3 is 0 Å². The van der Waals surface area contributed by atoms with Crippen LogP contribution < -0.4 is 10.1 Å². The monoisotopic (exact) mass is 287 g/mol. The molecule has 1 amide bonds. The molecule has 1 aromatic rings. The normalized spacial score (nSPS) is 28.4. The van der Waals surface area contributed by atoms with Gasteiger partial charge in [-0.2, -0.15) is 0 Å². The van der Waals surface area contributed by atoms with Gasteiger partial charge in [-0.1, -0.05) is 25.5 Å². The summed E-state index contributed by atoms with van der Waals surface area (Å²) >= 11 is 0. The Hall–Kier alpha value is -1.51. The summed E-state index contributed by atoms with van der Waals surface area (Å²) in [5, 5.41) is 3.23. The molecule has 2 aliphatic rings. The highest BCUT2D eigenvalue weighted by Crippen LogP contribution is 2.44. The first-order valence-corrected chi connectivity index (χ1v) is 8.19. The lowest BCUT2D eigenvalue weighted by Crippen LogP contribution is -2.45. The van der Waals surface area contributed by atoms with Crippen LogP contribution in [-0.4, -0.2) is 18.1 Å². The van der Waals surface area contributed by atoms with E-state index in [1.165, 1.54) is 19.3 Å². The Morgan fingerprint density at radius 2 is 2.24 bits per heavy atom. The Labute approximate surface area is 127 Å². The number of carbonyl (C=O) groups excluding carboxylic acids is 1. The summed E-state index contributed by atoms with van der Waals surface area (Å²) in [4.78, 5) is 12.5. The smallest absolute Gasteiger partial charge is 0.261 e. The zero-order valence-electron chi connectivity index (χ0n) is 13.0. The second-order valence-electron chi connectivity index (χ2n) is 6.62. The molecule has 0 heterocycles. The van der Waals surface area contributed by atoms with Crippen LogP contribution in [0.15, 0.2) is 24.3 Å². The van der Waals surface area contributed by atoms with Crippen molar-refractivity contribution < 1.29 is 9.53 Å². The zero-order valence-corrected chi connectivity index (χ0v) is 13.0. The number of ether oxygens (including phenoxy) is 1. The van der Waals surface area contributed by atoms with Crippen LogP contribution in [0.3, 0.4) is 0 Å². The second-order valence-corrected chi connectivity index (χ2v) is 6.62. The predicted molar refractivity (Wildman–Crippen MR) is 83.3 cm³/mol. The van der Waals surface area contributed by atoms with Crippen LogP contribution in [0.4, 0.5) is 0 Å². The quantitative estimate of drug-likeness (QED) is 0.900. The van der Waals surface area contributed by atoms with Gasteiger partial charge in [0.25, 0.3) is 5.91 Å². The van der Waals surface area contributed by atoms with Crippen LogP contribution in [0.2, 0.25) is 0 Å². The molecule has 0 radical (unpaired) electrons. The molecule has 4 atom stereocenters. The average molecular weight is 287 g/mol. The third-order valence-corrected chi connectivity index (χ3v) is 5.00. The zero-order chi connectivity index (χ0) is 14.8. The number of nitrogens with one attached hydrogen (secondary N) is 1. The van der Waals surface area contributed by atoms with Gasteiger partial charge in [0, 0.05) is 6.04 Å². The Bertz CT molecular complexity index is 514. The van der Waals surface area contributed by atoms with Crippen LogP contribution in [0.1, 0.15) is 44.6 Å². The van der Waals surface area contributed by atoms with E-state index in [-0.39, 0.29) is 12.0 Å². The Morgan fingerprint density at radius 3 is 2.86 bits per heavy atom. The van der Waals surface area contributed by atoms with E-state index in [4.69, 9.17) is 4.74 Å². The van der Waals surface area contributed by atoms with Crippen LogP contribution in [0, 0.1) is 18.8 Å². The maximum atomic E-state index is 12.5. The number of fused-ring (bicyclic) bond motifs is 2. The van der Waals surface area contributed by atoms with E-state index >= 15 is 0 Å². The van der Waals surface area contributed by atoms with E-state index in [9.17, 15) is 4.79 Å². The van der Waals surface area contributed by atoms with E-state index in [1.807, 2.05) is 38.1 Å². The molecule has 21 heavy (non-hydrogen) atoms. The number of hydrogen-bond acceptors (Lipinski definition) is 2. The molecule has 0 spiro atoms. The van der Waals surface area contributed by atoms with E-state index in [0.717, 1.165) is 23.7 Å². The van der Waals surface area contributed by atoms with Crippen molar-refractivity contribution in [3.05, 3.63) is 29.8 Å². The summed E-state index contributed by atoms with van der Waals surface area (Å²) in [5.74, 6) is 2.38. The van der Waals surface area contributed by atoms with Crippen LogP contribution in [-0.2, 0) is 4.79 Å². The molecule has 0 unspecified atom stereocenters. The van der Waals surface area contributed by atoms with Gasteiger partial charge < -0.3 is 10.1 Å². The first kappa shape index (κ1) is 14.4. The van der Waals surface area contributed by atoms with Gasteiger partial charge in [-0.05, 0) is 62.1 Å². The molecule has 114 valence electrons. The lowest BCUT2D eigenvalue weighted by atomic mass is 9.95. The molecule has 2 saturated carbocycles. The maximum Gasteiger partial charge on any atom is 0.261 e. The summed E-state index contributed by atoms with van der Waals surface area (Å²) in [6, 6.07) is 8.27.